The van der Waals surface area contributed by atoms with Crippen LogP contribution in [0, 0.1) is 0 Å². The first-order chi connectivity index (χ1) is 14.8. The number of aliphatic carboxylic acids is 2. The number of hydrogen-bond donors (Lipinski definition) is 4. The zero-order chi connectivity index (χ0) is 22.6. The maximum Gasteiger partial charge on any atom is 0.303 e. The lowest BCUT2D eigenvalue weighted by molar-refractivity contribution is -0.138. The average Bonchev–Trinajstić information content (AvgIpc) is 2.70. The van der Waals surface area contributed by atoms with Crippen LogP contribution in [-0.2, 0) is 19.2 Å². The molecule has 2 rings (SSSR count). The molecule has 0 saturated heterocycles. The van der Waals surface area contributed by atoms with Crippen molar-refractivity contribution in [2.45, 2.75) is 38.5 Å². The first-order valence-electron chi connectivity index (χ1n) is 9.73. The molecular weight excluding hydrogens is 404 g/mol. The minimum Gasteiger partial charge on any atom is -0.481 e. The van der Waals surface area contributed by atoms with Crippen LogP contribution in [0.1, 0.15) is 38.5 Å². The van der Waals surface area contributed by atoms with Gasteiger partial charge in [0.05, 0.1) is 0 Å². The van der Waals surface area contributed by atoms with Crippen molar-refractivity contribution < 1.29 is 34.1 Å². The van der Waals surface area contributed by atoms with Crippen LogP contribution < -0.4 is 15.4 Å². The van der Waals surface area contributed by atoms with Crippen LogP contribution in [0.2, 0.25) is 0 Å². The van der Waals surface area contributed by atoms with Crippen LogP contribution in [0.5, 0.6) is 11.5 Å². The van der Waals surface area contributed by atoms with Gasteiger partial charge in [0, 0.05) is 37.1 Å². The molecule has 0 aliphatic rings. The molecule has 2 aromatic rings. The van der Waals surface area contributed by atoms with Crippen LogP contribution >= 0.6 is 0 Å². The van der Waals surface area contributed by atoms with Crippen molar-refractivity contribution in [3.63, 3.8) is 0 Å². The number of hydrogen-bond acceptors (Lipinski definition) is 5. The minimum absolute atomic E-state index is 0.0482. The second-order valence-corrected chi connectivity index (χ2v) is 6.74. The number of benzene rings is 2. The van der Waals surface area contributed by atoms with Gasteiger partial charge in [0.15, 0.2) is 0 Å². The van der Waals surface area contributed by atoms with E-state index in [0.717, 1.165) is 0 Å². The predicted molar refractivity (Wildman–Crippen MR) is 113 cm³/mol. The van der Waals surface area contributed by atoms with E-state index in [1.165, 1.54) is 0 Å². The average molecular weight is 428 g/mol. The molecule has 0 saturated carbocycles. The maximum absolute atomic E-state index is 11.8. The fraction of sp³-hybridized carbons (Fsp3) is 0.273. The van der Waals surface area contributed by atoms with Crippen LogP contribution in [-0.4, -0.2) is 34.0 Å². The van der Waals surface area contributed by atoms with Gasteiger partial charge in [0.25, 0.3) is 0 Å². The number of ether oxygens (including phenoxy) is 1. The number of carboxylic acids is 2. The number of carbonyl (C=O) groups is 4. The summed E-state index contributed by atoms with van der Waals surface area (Å²) in [6.07, 6.45) is 0.725. The molecular formula is C22H24N2O7. The molecule has 9 heteroatoms. The Morgan fingerprint density at radius 3 is 1.29 bits per heavy atom. The second-order valence-electron chi connectivity index (χ2n) is 6.74. The van der Waals surface area contributed by atoms with E-state index in [9.17, 15) is 19.2 Å². The summed E-state index contributed by atoms with van der Waals surface area (Å²) in [6, 6.07) is 13.4. The Kier molecular flexibility index (Phi) is 9.03. The Morgan fingerprint density at radius 2 is 0.968 bits per heavy atom. The monoisotopic (exact) mass is 428 g/mol. The maximum atomic E-state index is 11.8. The van der Waals surface area contributed by atoms with Crippen LogP contribution in [0.3, 0.4) is 0 Å². The van der Waals surface area contributed by atoms with Gasteiger partial charge in [0.1, 0.15) is 11.5 Å². The van der Waals surface area contributed by atoms with E-state index in [1.807, 2.05) is 0 Å². The number of amides is 2. The van der Waals surface area contributed by atoms with Crippen LogP contribution in [0.15, 0.2) is 48.5 Å². The topological polar surface area (TPSA) is 142 Å². The standard InChI is InChI=1S/C22H24N2O7/c25-19(3-1-5-21(27)28)23-15-7-11-17(12-8-15)31-18-13-9-16(10-14-18)24-20(26)4-2-6-22(29)30/h7-14H,1-6H2,(H,23,25)(H,24,26)(H,27,28)(H,29,30). The molecule has 2 aromatic carbocycles. The highest BCUT2D eigenvalue weighted by Gasteiger charge is 2.07. The van der Waals surface area contributed by atoms with E-state index in [-0.39, 0.29) is 50.3 Å². The van der Waals surface area contributed by atoms with Crippen molar-refractivity contribution in [2.24, 2.45) is 0 Å². The fourth-order valence-corrected chi connectivity index (χ4v) is 2.60. The highest BCUT2D eigenvalue weighted by molar-refractivity contribution is 5.91. The van der Waals surface area contributed by atoms with Crippen molar-refractivity contribution in [1.82, 2.24) is 0 Å². The van der Waals surface area contributed by atoms with Crippen molar-refractivity contribution >= 4 is 35.1 Å². The third-order valence-electron chi connectivity index (χ3n) is 4.10. The zero-order valence-electron chi connectivity index (χ0n) is 16.8. The van der Waals surface area contributed by atoms with Crippen molar-refractivity contribution in [3.05, 3.63) is 48.5 Å². The van der Waals surface area contributed by atoms with Gasteiger partial charge in [-0.05, 0) is 61.4 Å². The smallest absolute Gasteiger partial charge is 0.303 e. The molecule has 0 aliphatic carbocycles. The second kappa shape index (κ2) is 12.0. The van der Waals surface area contributed by atoms with E-state index in [2.05, 4.69) is 10.6 Å². The summed E-state index contributed by atoms with van der Waals surface area (Å²) >= 11 is 0. The summed E-state index contributed by atoms with van der Waals surface area (Å²) in [5, 5.41) is 22.6. The Bertz CT molecular complexity index is 833. The molecule has 0 bridgehead atoms. The summed E-state index contributed by atoms with van der Waals surface area (Å²) in [4.78, 5) is 44.5. The summed E-state index contributed by atoms with van der Waals surface area (Å²) in [5.41, 5.74) is 1.15. The highest BCUT2D eigenvalue weighted by atomic mass is 16.5. The summed E-state index contributed by atoms with van der Waals surface area (Å²) < 4.78 is 5.72. The quantitative estimate of drug-likeness (QED) is 0.402. The number of carboxylic acid groups (broad SMARTS) is 2. The Hall–Kier alpha value is -3.88. The third-order valence-corrected chi connectivity index (χ3v) is 4.10. The van der Waals surface area contributed by atoms with E-state index < -0.39 is 11.9 Å². The molecule has 0 aliphatic heterocycles. The summed E-state index contributed by atoms with van der Waals surface area (Å²) in [7, 11) is 0. The highest BCUT2D eigenvalue weighted by Crippen LogP contribution is 2.24. The Labute approximate surface area is 179 Å². The van der Waals surface area contributed by atoms with Gasteiger partial charge < -0.3 is 25.6 Å². The summed E-state index contributed by atoms with van der Waals surface area (Å²) in [6.45, 7) is 0. The first-order valence-corrected chi connectivity index (χ1v) is 9.73. The summed E-state index contributed by atoms with van der Waals surface area (Å²) in [5.74, 6) is -1.27. The molecule has 0 atom stereocenters. The van der Waals surface area contributed by atoms with E-state index >= 15 is 0 Å². The number of rotatable bonds is 12. The predicted octanol–water partition coefficient (Wildman–Crippen LogP) is 3.87. The number of anilines is 2. The first kappa shape index (κ1) is 23.4. The third kappa shape index (κ3) is 9.44. The molecule has 2 amide bonds. The van der Waals surface area contributed by atoms with Gasteiger partial charge in [0.2, 0.25) is 11.8 Å². The normalized spacial score (nSPS) is 10.2. The lowest BCUT2D eigenvalue weighted by atomic mass is 10.2. The fourth-order valence-electron chi connectivity index (χ4n) is 2.60. The van der Waals surface area contributed by atoms with Crippen LogP contribution in [0.25, 0.3) is 0 Å². The van der Waals surface area contributed by atoms with E-state index in [4.69, 9.17) is 14.9 Å². The molecule has 4 N–H and O–H groups in total. The van der Waals surface area contributed by atoms with Crippen molar-refractivity contribution in [3.8, 4) is 11.5 Å². The minimum atomic E-state index is -0.930. The van der Waals surface area contributed by atoms with E-state index in [1.54, 1.807) is 48.5 Å². The molecule has 0 spiro atoms. The SMILES string of the molecule is O=C(O)CCCC(=O)Nc1ccc(Oc2ccc(NC(=O)CCCC(=O)O)cc2)cc1. The zero-order valence-corrected chi connectivity index (χ0v) is 16.8. The lowest BCUT2D eigenvalue weighted by Crippen LogP contribution is -2.11. The van der Waals surface area contributed by atoms with E-state index in [0.29, 0.717) is 22.9 Å². The molecule has 164 valence electrons. The molecule has 0 aromatic heterocycles. The molecule has 0 radical (unpaired) electrons. The van der Waals surface area contributed by atoms with Crippen LogP contribution in [0.4, 0.5) is 11.4 Å². The Balaban J connectivity index is 1.79. The van der Waals surface area contributed by atoms with Crippen molar-refractivity contribution in [1.29, 1.82) is 0 Å². The van der Waals surface area contributed by atoms with Gasteiger partial charge in [-0.2, -0.15) is 0 Å². The number of carbonyl (C=O) groups excluding carboxylic acids is 2. The van der Waals surface area contributed by atoms with Crippen molar-refractivity contribution in [2.75, 3.05) is 10.6 Å². The molecule has 9 nitrogen and oxygen atoms in total. The molecule has 0 fully saturated rings. The van der Waals surface area contributed by atoms with Gasteiger partial charge in [-0.3, -0.25) is 19.2 Å². The van der Waals surface area contributed by atoms with Gasteiger partial charge in [-0.1, -0.05) is 0 Å². The molecule has 0 unspecified atom stereocenters. The molecule has 0 heterocycles. The lowest BCUT2D eigenvalue weighted by Gasteiger charge is -2.09. The van der Waals surface area contributed by atoms with Gasteiger partial charge in [-0.15, -0.1) is 0 Å². The van der Waals surface area contributed by atoms with Gasteiger partial charge in [-0.25, -0.2) is 0 Å². The van der Waals surface area contributed by atoms with Gasteiger partial charge >= 0.3 is 11.9 Å². The Morgan fingerprint density at radius 1 is 0.613 bits per heavy atom. The molecule has 31 heavy (non-hydrogen) atoms. The largest absolute Gasteiger partial charge is 0.481 e. The number of nitrogens with one attached hydrogen (secondary N) is 2.